The van der Waals surface area contributed by atoms with Crippen LogP contribution in [0.2, 0.25) is 0 Å². The first kappa shape index (κ1) is 30.5. The van der Waals surface area contributed by atoms with E-state index in [-0.39, 0.29) is 52.5 Å². The number of hydrogen-bond acceptors (Lipinski definition) is 10. The Morgan fingerprint density at radius 3 is 2.54 bits per heavy atom. The average Bonchev–Trinajstić information content (AvgIpc) is 3.37. The minimum atomic E-state index is -4.11. The molecule has 4 N–H and O–H groups in total. The van der Waals surface area contributed by atoms with Gasteiger partial charge in [0.05, 0.1) is 23.3 Å². The second-order valence-corrected chi connectivity index (χ2v) is 14.6. The number of aromatic nitrogens is 4. The minimum Gasteiger partial charge on any atom is -0.504 e. The molecule has 3 heterocycles. The molecule has 4 rings (SSSR count). The number of carbonyl (C=O) groups excluding carboxylic acids is 1. The molecule has 1 aromatic carbocycles. The number of benzene rings is 1. The fraction of sp³-hybridized carbons (Fsp3) is 0.400. The van der Waals surface area contributed by atoms with Crippen molar-refractivity contribution in [3.05, 3.63) is 52.6 Å². The highest BCUT2D eigenvalue weighted by Crippen LogP contribution is 2.53. The molecule has 0 bridgehead atoms. The molecule has 1 amide bonds. The van der Waals surface area contributed by atoms with Gasteiger partial charge in [0.1, 0.15) is 5.56 Å². The van der Waals surface area contributed by atoms with E-state index in [4.69, 9.17) is 4.52 Å². The molecule has 3 aromatic rings. The Morgan fingerprint density at radius 2 is 1.98 bits per heavy atom. The van der Waals surface area contributed by atoms with Gasteiger partial charge in [-0.15, -0.1) is 15.9 Å². The summed E-state index contributed by atoms with van der Waals surface area (Å²) >= 11 is 0. The van der Waals surface area contributed by atoms with Crippen molar-refractivity contribution in [3.8, 4) is 11.6 Å². The standard InChI is InChI=1S/C25H34N7O7PS/c1-7-39-40(36)19-15-17(32(16(2)33)41(6,37)38)9-10-18(19)27-22(29-40)20-21(34)23(30-13-8-12-26-30)28-31(24(20)35)14-11-25(3,4)5/h8-10,12-13,15,34,37-38H,7,11,14H2,1-6H3,(H,27,29,36). The van der Waals surface area contributed by atoms with Crippen molar-refractivity contribution in [2.45, 2.75) is 47.6 Å². The van der Waals surface area contributed by atoms with E-state index in [0.717, 1.165) is 10.6 Å². The summed E-state index contributed by atoms with van der Waals surface area (Å²) in [6.07, 6.45) is 4.74. The zero-order chi connectivity index (χ0) is 30.3. The van der Waals surface area contributed by atoms with Crippen LogP contribution in [0.15, 0.2) is 46.2 Å². The van der Waals surface area contributed by atoms with Gasteiger partial charge in [-0.2, -0.15) is 9.86 Å². The number of carbonyl (C=O) groups is 1. The molecule has 0 fully saturated rings. The molecule has 0 saturated carbocycles. The van der Waals surface area contributed by atoms with Crippen LogP contribution in [0.25, 0.3) is 5.82 Å². The van der Waals surface area contributed by atoms with Crippen LogP contribution in [0.4, 0.5) is 11.4 Å². The molecule has 222 valence electrons. The normalized spacial score (nSPS) is 17.4. The van der Waals surface area contributed by atoms with Gasteiger partial charge < -0.3 is 14.9 Å². The monoisotopic (exact) mass is 607 g/mol. The highest BCUT2D eigenvalue weighted by Gasteiger charge is 2.37. The van der Waals surface area contributed by atoms with Gasteiger partial charge in [-0.05, 0) is 43.0 Å². The fourth-order valence-electron chi connectivity index (χ4n) is 4.24. The summed E-state index contributed by atoms with van der Waals surface area (Å²) in [5, 5.41) is 22.8. The predicted molar refractivity (Wildman–Crippen MR) is 159 cm³/mol. The van der Waals surface area contributed by atoms with E-state index in [1.54, 1.807) is 19.2 Å². The van der Waals surface area contributed by atoms with Crippen molar-refractivity contribution in [2.75, 3.05) is 22.5 Å². The topological polar surface area (TPSA) is 184 Å². The van der Waals surface area contributed by atoms with Crippen molar-refractivity contribution in [3.63, 3.8) is 0 Å². The van der Waals surface area contributed by atoms with Gasteiger partial charge in [0.15, 0.2) is 11.6 Å². The Morgan fingerprint density at radius 1 is 1.27 bits per heavy atom. The van der Waals surface area contributed by atoms with Crippen LogP contribution >= 0.6 is 18.3 Å². The maximum Gasteiger partial charge on any atom is 0.348 e. The second-order valence-electron chi connectivity index (χ2n) is 10.7. The molecule has 16 heteroatoms. The lowest BCUT2D eigenvalue weighted by atomic mass is 9.92. The zero-order valence-electron chi connectivity index (χ0n) is 23.6. The number of amidine groups is 1. The molecule has 0 saturated heterocycles. The van der Waals surface area contributed by atoms with Crippen molar-refractivity contribution >= 4 is 46.7 Å². The van der Waals surface area contributed by atoms with Crippen LogP contribution in [0.3, 0.4) is 0 Å². The summed E-state index contributed by atoms with van der Waals surface area (Å²) in [5.74, 6) is -1.40. The van der Waals surface area contributed by atoms with Crippen LogP contribution in [0.1, 0.15) is 46.6 Å². The Bertz CT molecular complexity index is 1610. The van der Waals surface area contributed by atoms with Gasteiger partial charge >= 0.3 is 7.52 Å². The van der Waals surface area contributed by atoms with Crippen LogP contribution in [-0.2, 0) is 20.4 Å². The van der Waals surface area contributed by atoms with Gasteiger partial charge in [-0.25, -0.2) is 13.7 Å². The third-order valence-electron chi connectivity index (χ3n) is 6.09. The first-order valence-electron chi connectivity index (χ1n) is 12.7. The molecule has 1 unspecified atom stereocenters. The average molecular weight is 608 g/mol. The fourth-order valence-corrected chi connectivity index (χ4v) is 7.04. The second kappa shape index (κ2) is 11.1. The number of rotatable bonds is 8. The first-order valence-corrected chi connectivity index (χ1v) is 16.2. The Balaban J connectivity index is 1.92. The van der Waals surface area contributed by atoms with Crippen molar-refractivity contribution in [1.29, 1.82) is 0 Å². The lowest BCUT2D eigenvalue weighted by Crippen LogP contribution is -2.36. The molecule has 14 nitrogen and oxygen atoms in total. The Hall–Kier alpha value is -3.49. The van der Waals surface area contributed by atoms with E-state index in [2.05, 4.69) is 20.3 Å². The summed E-state index contributed by atoms with van der Waals surface area (Å²) in [5.41, 5.74) is -0.774. The summed E-state index contributed by atoms with van der Waals surface area (Å²) in [6, 6.07) is 5.83. The van der Waals surface area contributed by atoms with Gasteiger partial charge in [-0.1, -0.05) is 20.8 Å². The molecular formula is C25H34N7O7PS. The highest BCUT2D eigenvalue weighted by molar-refractivity contribution is 8.25. The number of amides is 1. The molecule has 0 radical (unpaired) electrons. The van der Waals surface area contributed by atoms with E-state index >= 15 is 0 Å². The lowest BCUT2D eigenvalue weighted by molar-refractivity contribution is -0.115. The van der Waals surface area contributed by atoms with E-state index < -0.39 is 35.5 Å². The van der Waals surface area contributed by atoms with Crippen molar-refractivity contribution in [1.82, 2.24) is 19.6 Å². The number of anilines is 2. The number of aromatic hydroxyl groups is 1. The lowest BCUT2D eigenvalue weighted by Gasteiger charge is -2.39. The van der Waals surface area contributed by atoms with E-state index in [9.17, 15) is 28.4 Å². The van der Waals surface area contributed by atoms with Crippen LogP contribution < -0.4 is 20.5 Å². The zero-order valence-corrected chi connectivity index (χ0v) is 25.3. The van der Waals surface area contributed by atoms with E-state index in [1.165, 1.54) is 40.7 Å². The number of fused-ring (bicyclic) bond motifs is 1. The minimum absolute atomic E-state index is 0.0200. The summed E-state index contributed by atoms with van der Waals surface area (Å²) < 4.78 is 47.9. The van der Waals surface area contributed by atoms with Gasteiger partial charge in [0, 0.05) is 32.1 Å². The Kier molecular flexibility index (Phi) is 8.22. The smallest absolute Gasteiger partial charge is 0.348 e. The number of hydrogen-bond donors (Lipinski definition) is 4. The number of nitrogens with one attached hydrogen (secondary N) is 1. The molecule has 1 aliphatic heterocycles. The van der Waals surface area contributed by atoms with Crippen molar-refractivity contribution in [2.24, 2.45) is 10.2 Å². The first-order chi connectivity index (χ1) is 19.1. The molecule has 41 heavy (non-hydrogen) atoms. The molecule has 1 aliphatic rings. The van der Waals surface area contributed by atoms with E-state index in [0.29, 0.717) is 6.42 Å². The largest absolute Gasteiger partial charge is 0.504 e. The Labute approximate surface area is 238 Å². The number of nitrogens with zero attached hydrogens (tertiary/aromatic N) is 6. The van der Waals surface area contributed by atoms with Gasteiger partial charge in [0.2, 0.25) is 11.7 Å². The highest BCUT2D eigenvalue weighted by atomic mass is 32.3. The maximum absolute atomic E-state index is 14.2. The van der Waals surface area contributed by atoms with Crippen LogP contribution in [0, 0.1) is 5.41 Å². The third kappa shape index (κ3) is 6.23. The third-order valence-corrected chi connectivity index (χ3v) is 9.30. The maximum atomic E-state index is 14.2. The molecule has 1 atom stereocenters. The van der Waals surface area contributed by atoms with E-state index in [1.807, 2.05) is 20.8 Å². The van der Waals surface area contributed by atoms with Crippen molar-refractivity contribution < 1.29 is 28.1 Å². The molecule has 0 aliphatic carbocycles. The molecule has 2 aromatic heterocycles. The van der Waals surface area contributed by atoms with Gasteiger partial charge in [0.25, 0.3) is 5.56 Å². The van der Waals surface area contributed by atoms with Gasteiger partial charge in [-0.3, -0.25) is 23.3 Å². The molecular weight excluding hydrogens is 573 g/mol. The quantitative estimate of drug-likeness (QED) is 0.273. The SMILES string of the molecule is CCOP1(=O)N=C(c2c(O)c(-n3cccn3)nn(CCC(C)(C)C)c2=O)Nc2ccc(N(C(C)=O)S(C)(O)O)cc21. The predicted octanol–water partition coefficient (Wildman–Crippen LogP) is 3.95. The summed E-state index contributed by atoms with van der Waals surface area (Å²) in [6.45, 7) is 9.06. The summed E-state index contributed by atoms with van der Waals surface area (Å²) in [4.78, 5) is 25.9. The van der Waals surface area contributed by atoms with Crippen LogP contribution in [0.5, 0.6) is 5.75 Å². The summed E-state index contributed by atoms with van der Waals surface area (Å²) in [7, 11) is -7.62. The molecule has 0 spiro atoms. The van der Waals surface area contributed by atoms with Crippen LogP contribution in [-0.4, -0.2) is 58.4 Å². The number of aryl methyl sites for hydroxylation is 1.